The minimum atomic E-state index is -4.50. The van der Waals surface area contributed by atoms with E-state index in [-0.39, 0.29) is 12.1 Å². The van der Waals surface area contributed by atoms with Gasteiger partial charge in [-0.05, 0) is 38.1 Å². The highest BCUT2D eigenvalue weighted by Gasteiger charge is 2.35. The largest absolute Gasteiger partial charge is 0.418 e. The maximum Gasteiger partial charge on any atom is 0.418 e. The molecule has 1 amide bonds. The molecule has 0 atom stereocenters. The second-order valence-corrected chi connectivity index (χ2v) is 7.71. The first-order chi connectivity index (χ1) is 13.4. The van der Waals surface area contributed by atoms with Crippen LogP contribution in [0, 0.1) is 0 Å². The second-order valence-electron chi connectivity index (χ2n) is 6.65. The first-order valence-electron chi connectivity index (χ1n) is 9.10. The SMILES string of the molecule is NC(=O)CCSc1nnc(CN2CCCCC2)n1-c1ccccc1C(F)(F)F. The van der Waals surface area contributed by atoms with Crippen molar-refractivity contribution in [3.05, 3.63) is 35.7 Å². The second kappa shape index (κ2) is 8.95. The fourth-order valence-electron chi connectivity index (χ4n) is 3.21. The molecule has 1 aromatic carbocycles. The maximum absolute atomic E-state index is 13.6. The van der Waals surface area contributed by atoms with E-state index in [1.54, 1.807) is 6.07 Å². The molecule has 0 radical (unpaired) electrons. The molecule has 152 valence electrons. The molecule has 2 N–H and O–H groups in total. The van der Waals surface area contributed by atoms with Crippen LogP contribution in [0.4, 0.5) is 13.2 Å². The van der Waals surface area contributed by atoms with Crippen molar-refractivity contribution < 1.29 is 18.0 Å². The summed E-state index contributed by atoms with van der Waals surface area (Å²) < 4.78 is 42.2. The number of amides is 1. The number of carbonyl (C=O) groups is 1. The average molecular weight is 413 g/mol. The number of rotatable bonds is 7. The van der Waals surface area contributed by atoms with E-state index in [1.807, 2.05) is 0 Å². The van der Waals surface area contributed by atoms with Crippen LogP contribution in [0.5, 0.6) is 0 Å². The van der Waals surface area contributed by atoms with Gasteiger partial charge in [-0.2, -0.15) is 13.2 Å². The number of likely N-dealkylation sites (tertiary alicyclic amines) is 1. The number of carbonyl (C=O) groups excluding carboxylic acids is 1. The van der Waals surface area contributed by atoms with Crippen molar-refractivity contribution in [2.45, 2.75) is 43.6 Å². The van der Waals surface area contributed by atoms with E-state index in [0.29, 0.717) is 23.3 Å². The number of alkyl halides is 3. The lowest BCUT2D eigenvalue weighted by atomic mass is 10.1. The number of piperidine rings is 1. The molecule has 2 aromatic rings. The summed E-state index contributed by atoms with van der Waals surface area (Å²) in [5.41, 5.74) is 4.42. The van der Waals surface area contributed by atoms with Crippen molar-refractivity contribution >= 4 is 17.7 Å². The predicted molar refractivity (Wildman–Crippen MR) is 100 cm³/mol. The van der Waals surface area contributed by atoms with E-state index in [9.17, 15) is 18.0 Å². The summed E-state index contributed by atoms with van der Waals surface area (Å²) in [6.45, 7) is 2.20. The van der Waals surface area contributed by atoms with Crippen LogP contribution in [0.1, 0.15) is 37.1 Å². The number of para-hydroxylation sites is 1. The molecule has 2 heterocycles. The summed E-state index contributed by atoms with van der Waals surface area (Å²) in [4.78, 5) is 13.2. The highest BCUT2D eigenvalue weighted by molar-refractivity contribution is 7.99. The third-order valence-electron chi connectivity index (χ3n) is 4.54. The molecule has 1 aliphatic heterocycles. The van der Waals surface area contributed by atoms with Gasteiger partial charge in [-0.1, -0.05) is 30.3 Å². The van der Waals surface area contributed by atoms with Crippen LogP contribution in [-0.2, 0) is 17.5 Å². The fraction of sp³-hybridized carbons (Fsp3) is 0.500. The van der Waals surface area contributed by atoms with Crippen LogP contribution in [-0.4, -0.2) is 44.4 Å². The number of benzene rings is 1. The Kier molecular flexibility index (Phi) is 6.61. The van der Waals surface area contributed by atoms with Gasteiger partial charge in [-0.15, -0.1) is 10.2 Å². The molecule has 10 heteroatoms. The lowest BCUT2D eigenvalue weighted by molar-refractivity contribution is -0.137. The van der Waals surface area contributed by atoms with Crippen molar-refractivity contribution in [1.82, 2.24) is 19.7 Å². The third kappa shape index (κ3) is 5.05. The quantitative estimate of drug-likeness (QED) is 0.705. The standard InChI is InChI=1S/C18H22F3N5OS/c19-18(20,21)13-6-2-3-7-14(13)26-16(12-25-9-4-1-5-10-25)23-24-17(26)28-11-8-15(22)27/h2-3,6-7H,1,4-5,8-12H2,(H2,22,27). The smallest absolute Gasteiger partial charge is 0.370 e. The molecule has 0 spiro atoms. The Bertz CT molecular complexity index is 818. The van der Waals surface area contributed by atoms with Gasteiger partial charge in [0.15, 0.2) is 11.0 Å². The van der Waals surface area contributed by atoms with E-state index in [1.165, 1.54) is 28.5 Å². The van der Waals surface area contributed by atoms with Gasteiger partial charge in [0.05, 0.1) is 17.8 Å². The summed E-state index contributed by atoms with van der Waals surface area (Å²) >= 11 is 1.18. The maximum atomic E-state index is 13.6. The number of primary amides is 1. The molecule has 28 heavy (non-hydrogen) atoms. The first-order valence-corrected chi connectivity index (χ1v) is 10.1. The summed E-state index contributed by atoms with van der Waals surface area (Å²) in [6, 6.07) is 5.40. The first kappa shape index (κ1) is 20.7. The summed E-state index contributed by atoms with van der Waals surface area (Å²) in [6.07, 6.45) is -1.10. The lowest BCUT2D eigenvalue weighted by Gasteiger charge is -2.26. The average Bonchev–Trinajstić information content (AvgIpc) is 3.04. The molecule has 1 fully saturated rings. The van der Waals surface area contributed by atoms with E-state index in [2.05, 4.69) is 15.1 Å². The monoisotopic (exact) mass is 413 g/mol. The van der Waals surface area contributed by atoms with Crippen LogP contribution >= 0.6 is 11.8 Å². The van der Waals surface area contributed by atoms with Gasteiger partial charge in [0.1, 0.15) is 0 Å². The minimum Gasteiger partial charge on any atom is -0.370 e. The van der Waals surface area contributed by atoms with Crippen molar-refractivity contribution in [3.8, 4) is 5.69 Å². The fourth-order valence-corrected chi connectivity index (χ4v) is 4.12. The van der Waals surface area contributed by atoms with Crippen LogP contribution in [0.2, 0.25) is 0 Å². The van der Waals surface area contributed by atoms with Crippen molar-refractivity contribution in [3.63, 3.8) is 0 Å². The highest BCUT2D eigenvalue weighted by atomic mass is 32.2. The number of aromatic nitrogens is 3. The predicted octanol–water partition coefficient (Wildman–Crippen LogP) is 3.24. The molecule has 0 bridgehead atoms. The molecule has 1 aromatic heterocycles. The molecule has 1 aliphatic rings. The van der Waals surface area contributed by atoms with Gasteiger partial charge in [0.2, 0.25) is 5.91 Å². The van der Waals surface area contributed by atoms with E-state index < -0.39 is 17.6 Å². The molecule has 0 unspecified atom stereocenters. The molecule has 6 nitrogen and oxygen atoms in total. The van der Waals surface area contributed by atoms with Gasteiger partial charge in [0, 0.05) is 12.2 Å². The normalized spacial score (nSPS) is 15.7. The molecule has 0 saturated carbocycles. The minimum absolute atomic E-state index is 0.00594. The number of nitrogens with two attached hydrogens (primary N) is 1. The number of hydrogen-bond donors (Lipinski definition) is 1. The summed E-state index contributed by atoms with van der Waals surface area (Å²) in [5, 5.41) is 8.61. The van der Waals surface area contributed by atoms with Crippen molar-refractivity contribution in [1.29, 1.82) is 0 Å². The van der Waals surface area contributed by atoms with Gasteiger partial charge in [-0.25, -0.2) is 0 Å². The molecule has 0 aliphatic carbocycles. The number of nitrogens with zero attached hydrogens (tertiary/aromatic N) is 4. The van der Waals surface area contributed by atoms with Crippen LogP contribution in [0.15, 0.2) is 29.4 Å². The molecular formula is C18H22F3N5OS. The van der Waals surface area contributed by atoms with E-state index in [4.69, 9.17) is 5.73 Å². The molecular weight excluding hydrogens is 391 g/mol. The zero-order valence-electron chi connectivity index (χ0n) is 15.3. The lowest BCUT2D eigenvalue weighted by Crippen LogP contribution is -2.30. The van der Waals surface area contributed by atoms with Crippen molar-refractivity contribution in [2.24, 2.45) is 5.73 Å². The Morgan fingerprint density at radius 2 is 1.86 bits per heavy atom. The van der Waals surface area contributed by atoms with Gasteiger partial charge in [0.25, 0.3) is 0 Å². The van der Waals surface area contributed by atoms with Crippen LogP contribution < -0.4 is 5.73 Å². The number of halogens is 3. The zero-order chi connectivity index (χ0) is 20.1. The molecule has 1 saturated heterocycles. The molecule has 3 rings (SSSR count). The van der Waals surface area contributed by atoms with Gasteiger partial charge < -0.3 is 5.73 Å². The van der Waals surface area contributed by atoms with Gasteiger partial charge in [-0.3, -0.25) is 14.3 Å². The summed E-state index contributed by atoms with van der Waals surface area (Å²) in [7, 11) is 0. The highest BCUT2D eigenvalue weighted by Crippen LogP contribution is 2.36. The van der Waals surface area contributed by atoms with Crippen LogP contribution in [0.3, 0.4) is 0 Å². The number of hydrogen-bond acceptors (Lipinski definition) is 5. The van der Waals surface area contributed by atoms with Gasteiger partial charge >= 0.3 is 6.18 Å². The summed E-state index contributed by atoms with van der Waals surface area (Å²) in [5.74, 6) is 0.314. The Morgan fingerprint density at radius 1 is 1.14 bits per heavy atom. The van der Waals surface area contributed by atoms with Crippen molar-refractivity contribution in [2.75, 3.05) is 18.8 Å². The zero-order valence-corrected chi connectivity index (χ0v) is 16.1. The van der Waals surface area contributed by atoms with Crippen LogP contribution in [0.25, 0.3) is 5.69 Å². The topological polar surface area (TPSA) is 77.0 Å². The number of thioether (sulfide) groups is 1. The Balaban J connectivity index is 1.98. The Hall–Kier alpha value is -2.07. The van der Waals surface area contributed by atoms with E-state index >= 15 is 0 Å². The Morgan fingerprint density at radius 3 is 2.54 bits per heavy atom. The third-order valence-corrected chi connectivity index (χ3v) is 5.47. The van der Waals surface area contributed by atoms with E-state index in [0.717, 1.165) is 38.4 Å². The Labute approximate surface area is 165 Å².